The van der Waals surface area contributed by atoms with Crippen molar-refractivity contribution in [3.05, 3.63) is 18.2 Å². The number of imidazole rings is 1. The molecule has 16 heavy (non-hydrogen) atoms. The van der Waals surface area contributed by atoms with Crippen LogP contribution in [0.5, 0.6) is 0 Å². The third-order valence-corrected chi connectivity index (χ3v) is 4.21. The van der Waals surface area contributed by atoms with Gasteiger partial charge in [0.25, 0.3) is 0 Å². The van der Waals surface area contributed by atoms with Gasteiger partial charge < -0.3 is 10.3 Å². The van der Waals surface area contributed by atoms with E-state index in [2.05, 4.69) is 23.4 Å². The molecular formula is C13H23N3. The molecule has 0 spiro atoms. The average molecular weight is 221 g/mol. The quantitative estimate of drug-likeness (QED) is 0.848. The minimum absolute atomic E-state index is 0.647. The van der Waals surface area contributed by atoms with E-state index in [1.165, 1.54) is 25.0 Å². The Morgan fingerprint density at radius 3 is 2.94 bits per heavy atom. The highest BCUT2D eigenvalue weighted by Crippen LogP contribution is 2.42. The van der Waals surface area contributed by atoms with Crippen LogP contribution in [0.15, 0.2) is 12.5 Å². The van der Waals surface area contributed by atoms with Gasteiger partial charge >= 0.3 is 0 Å². The third-order valence-electron chi connectivity index (χ3n) is 4.21. The van der Waals surface area contributed by atoms with Crippen molar-refractivity contribution in [3.8, 4) is 0 Å². The Hall–Kier alpha value is -0.830. The highest BCUT2D eigenvalue weighted by atomic mass is 15.1. The predicted octanol–water partition coefficient (Wildman–Crippen LogP) is 2.38. The SMILES string of the molecule is CCC1CCC(n2cncc2CCN)C1C. The Bertz CT molecular complexity index is 332. The topological polar surface area (TPSA) is 43.8 Å². The maximum absolute atomic E-state index is 5.63. The largest absolute Gasteiger partial charge is 0.331 e. The molecule has 1 aliphatic rings. The highest BCUT2D eigenvalue weighted by molar-refractivity contribution is 5.03. The molecule has 3 nitrogen and oxygen atoms in total. The lowest BCUT2D eigenvalue weighted by Gasteiger charge is -2.22. The van der Waals surface area contributed by atoms with Crippen molar-refractivity contribution in [2.75, 3.05) is 6.54 Å². The molecule has 1 heterocycles. The zero-order valence-electron chi connectivity index (χ0n) is 10.4. The molecule has 3 atom stereocenters. The van der Waals surface area contributed by atoms with E-state index in [1.54, 1.807) is 0 Å². The molecule has 0 radical (unpaired) electrons. The van der Waals surface area contributed by atoms with Crippen molar-refractivity contribution in [2.24, 2.45) is 17.6 Å². The second-order valence-electron chi connectivity index (χ2n) is 5.00. The van der Waals surface area contributed by atoms with Gasteiger partial charge in [-0.3, -0.25) is 0 Å². The Morgan fingerprint density at radius 2 is 2.31 bits per heavy atom. The maximum atomic E-state index is 5.63. The van der Waals surface area contributed by atoms with E-state index in [4.69, 9.17) is 5.73 Å². The van der Waals surface area contributed by atoms with E-state index in [9.17, 15) is 0 Å². The molecule has 3 heteroatoms. The number of aromatic nitrogens is 2. The molecule has 90 valence electrons. The predicted molar refractivity (Wildman–Crippen MR) is 66.2 cm³/mol. The Balaban J connectivity index is 2.15. The molecule has 0 amide bonds. The molecule has 0 bridgehead atoms. The first-order valence-corrected chi connectivity index (χ1v) is 6.48. The van der Waals surface area contributed by atoms with Crippen molar-refractivity contribution in [1.82, 2.24) is 9.55 Å². The summed E-state index contributed by atoms with van der Waals surface area (Å²) < 4.78 is 2.37. The first kappa shape index (κ1) is 11.6. The second kappa shape index (κ2) is 5.00. The average Bonchev–Trinajstić information content (AvgIpc) is 2.85. The summed E-state index contributed by atoms with van der Waals surface area (Å²) in [6, 6.07) is 0.647. The van der Waals surface area contributed by atoms with Crippen LogP contribution in [0, 0.1) is 11.8 Å². The lowest BCUT2D eigenvalue weighted by molar-refractivity contribution is 0.325. The van der Waals surface area contributed by atoms with Gasteiger partial charge in [-0.15, -0.1) is 0 Å². The monoisotopic (exact) mass is 221 g/mol. The van der Waals surface area contributed by atoms with Crippen molar-refractivity contribution < 1.29 is 0 Å². The van der Waals surface area contributed by atoms with Crippen LogP contribution in [0.25, 0.3) is 0 Å². The fourth-order valence-corrected chi connectivity index (χ4v) is 3.17. The van der Waals surface area contributed by atoms with Gasteiger partial charge in [-0.1, -0.05) is 20.3 Å². The fraction of sp³-hybridized carbons (Fsp3) is 0.769. The van der Waals surface area contributed by atoms with Gasteiger partial charge in [0.1, 0.15) is 0 Å². The van der Waals surface area contributed by atoms with E-state index in [1.807, 2.05) is 12.5 Å². The van der Waals surface area contributed by atoms with E-state index >= 15 is 0 Å². The Morgan fingerprint density at radius 1 is 1.50 bits per heavy atom. The zero-order valence-corrected chi connectivity index (χ0v) is 10.4. The molecule has 0 aromatic carbocycles. The summed E-state index contributed by atoms with van der Waals surface area (Å²) in [6.07, 6.45) is 8.87. The minimum Gasteiger partial charge on any atom is -0.331 e. The molecular weight excluding hydrogens is 198 g/mol. The summed E-state index contributed by atoms with van der Waals surface area (Å²) in [6.45, 7) is 5.40. The number of nitrogens with two attached hydrogens (primary N) is 1. The molecule has 0 saturated heterocycles. The highest BCUT2D eigenvalue weighted by Gasteiger charge is 2.33. The van der Waals surface area contributed by atoms with Crippen LogP contribution in [-0.4, -0.2) is 16.1 Å². The molecule has 1 aromatic rings. The van der Waals surface area contributed by atoms with E-state index in [-0.39, 0.29) is 0 Å². The molecule has 2 rings (SSSR count). The summed E-state index contributed by atoms with van der Waals surface area (Å²) in [4.78, 5) is 4.28. The van der Waals surface area contributed by atoms with Crippen LogP contribution in [-0.2, 0) is 6.42 Å². The molecule has 1 aliphatic carbocycles. The fourth-order valence-electron chi connectivity index (χ4n) is 3.17. The van der Waals surface area contributed by atoms with Gasteiger partial charge in [0.05, 0.1) is 6.33 Å². The molecule has 1 saturated carbocycles. The summed E-state index contributed by atoms with van der Waals surface area (Å²) in [5.41, 5.74) is 6.94. The van der Waals surface area contributed by atoms with Gasteiger partial charge in [-0.25, -0.2) is 4.98 Å². The summed E-state index contributed by atoms with van der Waals surface area (Å²) in [5.74, 6) is 1.66. The van der Waals surface area contributed by atoms with E-state index in [0.29, 0.717) is 12.6 Å². The molecule has 1 fully saturated rings. The number of hydrogen-bond donors (Lipinski definition) is 1. The van der Waals surface area contributed by atoms with Crippen molar-refractivity contribution >= 4 is 0 Å². The standard InChI is InChI=1S/C13H23N3/c1-3-11-4-5-13(10(11)2)16-9-15-8-12(16)6-7-14/h8-11,13H,3-7,14H2,1-2H3. The van der Waals surface area contributed by atoms with Gasteiger partial charge in [0.15, 0.2) is 0 Å². The van der Waals surface area contributed by atoms with Gasteiger partial charge in [-0.05, 0) is 31.2 Å². The van der Waals surface area contributed by atoms with Gasteiger partial charge in [0, 0.05) is 24.4 Å². The van der Waals surface area contributed by atoms with Crippen LogP contribution >= 0.6 is 0 Å². The molecule has 0 aliphatic heterocycles. The molecule has 1 aromatic heterocycles. The second-order valence-corrected chi connectivity index (χ2v) is 5.00. The zero-order chi connectivity index (χ0) is 11.5. The molecule has 3 unspecified atom stereocenters. The lowest BCUT2D eigenvalue weighted by Crippen LogP contribution is -2.18. The summed E-state index contributed by atoms with van der Waals surface area (Å²) in [5, 5.41) is 0. The maximum Gasteiger partial charge on any atom is 0.0950 e. The van der Waals surface area contributed by atoms with Crippen LogP contribution in [0.1, 0.15) is 44.8 Å². The van der Waals surface area contributed by atoms with Crippen molar-refractivity contribution in [1.29, 1.82) is 0 Å². The minimum atomic E-state index is 0.647. The van der Waals surface area contributed by atoms with E-state index < -0.39 is 0 Å². The van der Waals surface area contributed by atoms with Gasteiger partial charge in [0.2, 0.25) is 0 Å². The Kier molecular flexibility index (Phi) is 3.64. The normalized spacial score (nSPS) is 29.8. The summed E-state index contributed by atoms with van der Waals surface area (Å²) in [7, 11) is 0. The van der Waals surface area contributed by atoms with E-state index in [0.717, 1.165) is 18.3 Å². The number of rotatable bonds is 4. The van der Waals surface area contributed by atoms with Crippen LogP contribution in [0.2, 0.25) is 0 Å². The number of nitrogens with zero attached hydrogens (tertiary/aromatic N) is 2. The first-order chi connectivity index (χ1) is 7.77. The van der Waals surface area contributed by atoms with Crippen molar-refractivity contribution in [3.63, 3.8) is 0 Å². The number of hydrogen-bond acceptors (Lipinski definition) is 2. The lowest BCUT2D eigenvalue weighted by atomic mass is 9.93. The molecule has 2 N–H and O–H groups in total. The third kappa shape index (κ3) is 2.01. The van der Waals surface area contributed by atoms with Crippen LogP contribution in [0.4, 0.5) is 0 Å². The smallest absolute Gasteiger partial charge is 0.0950 e. The van der Waals surface area contributed by atoms with Gasteiger partial charge in [-0.2, -0.15) is 0 Å². The first-order valence-electron chi connectivity index (χ1n) is 6.48. The van der Waals surface area contributed by atoms with Crippen LogP contribution < -0.4 is 5.73 Å². The Labute approximate surface area is 98.1 Å². The van der Waals surface area contributed by atoms with Crippen molar-refractivity contribution in [2.45, 2.75) is 45.6 Å². The van der Waals surface area contributed by atoms with Crippen LogP contribution in [0.3, 0.4) is 0 Å². The summed E-state index contributed by atoms with van der Waals surface area (Å²) >= 11 is 0.